The van der Waals surface area contributed by atoms with E-state index in [1.165, 1.54) is 0 Å². The number of aliphatic hydroxyl groups excluding tert-OH is 2. The molecule has 2 N–H and O–H groups in total. The Morgan fingerprint density at radius 3 is 2.75 bits per heavy atom. The highest BCUT2D eigenvalue weighted by Gasteiger charge is 2.28. The summed E-state index contributed by atoms with van der Waals surface area (Å²) >= 11 is 0. The molecule has 2 rings (SSSR count). The summed E-state index contributed by atoms with van der Waals surface area (Å²) in [6.45, 7) is 1.78. The minimum atomic E-state index is -1.60. The molecular formula is C15H18O5. The van der Waals surface area contributed by atoms with E-state index in [0.717, 1.165) is 11.1 Å². The fourth-order valence-electron chi connectivity index (χ4n) is 2.35. The molecule has 0 bridgehead atoms. The third-order valence-electron chi connectivity index (χ3n) is 3.46. The average Bonchev–Trinajstić information content (AvgIpc) is 2.45. The van der Waals surface area contributed by atoms with E-state index >= 15 is 0 Å². The lowest BCUT2D eigenvalue weighted by Gasteiger charge is -2.20. The third kappa shape index (κ3) is 3.05. The molecule has 0 heterocycles. The van der Waals surface area contributed by atoms with Crippen molar-refractivity contribution in [2.45, 2.75) is 38.4 Å². The van der Waals surface area contributed by atoms with Gasteiger partial charge >= 0.3 is 5.97 Å². The topological polar surface area (TPSA) is 83.8 Å². The van der Waals surface area contributed by atoms with Gasteiger partial charge in [0.1, 0.15) is 11.9 Å². The quantitative estimate of drug-likeness (QED) is 0.792. The van der Waals surface area contributed by atoms with Crippen LogP contribution in [0.2, 0.25) is 0 Å². The Balaban J connectivity index is 2.17. The van der Waals surface area contributed by atoms with Crippen LogP contribution in [0.15, 0.2) is 18.2 Å². The lowest BCUT2D eigenvalue weighted by molar-refractivity contribution is -0.159. The Bertz CT molecular complexity index is 523. The van der Waals surface area contributed by atoms with Crippen molar-refractivity contribution in [3.8, 4) is 0 Å². The number of fused-ring (bicyclic) bond motifs is 1. The first kappa shape index (κ1) is 14.7. The second-order valence-corrected chi connectivity index (χ2v) is 4.89. The highest BCUT2D eigenvalue weighted by Crippen LogP contribution is 2.25. The van der Waals surface area contributed by atoms with Crippen molar-refractivity contribution < 1.29 is 24.5 Å². The van der Waals surface area contributed by atoms with Crippen LogP contribution < -0.4 is 0 Å². The zero-order chi connectivity index (χ0) is 14.7. The molecule has 2 atom stereocenters. The first-order valence-electron chi connectivity index (χ1n) is 6.69. The molecule has 2 unspecified atom stereocenters. The van der Waals surface area contributed by atoms with Crippen molar-refractivity contribution in [2.24, 2.45) is 0 Å². The molecule has 1 aliphatic rings. The third-order valence-corrected chi connectivity index (χ3v) is 3.46. The van der Waals surface area contributed by atoms with E-state index in [1.807, 2.05) is 0 Å². The number of hydrogen-bond acceptors (Lipinski definition) is 5. The molecule has 0 fully saturated rings. The lowest BCUT2D eigenvalue weighted by Crippen LogP contribution is -2.30. The van der Waals surface area contributed by atoms with Crippen LogP contribution in [0.1, 0.15) is 36.1 Å². The summed E-state index contributed by atoms with van der Waals surface area (Å²) in [5.41, 5.74) is 2.39. The molecule has 0 amide bonds. The van der Waals surface area contributed by atoms with Crippen LogP contribution >= 0.6 is 0 Å². The van der Waals surface area contributed by atoms with Crippen LogP contribution in [0, 0.1) is 0 Å². The van der Waals surface area contributed by atoms with E-state index < -0.39 is 18.2 Å². The number of hydrogen-bond donors (Lipinski definition) is 2. The predicted octanol–water partition coefficient (Wildman–Crippen LogP) is 0.702. The fourth-order valence-corrected chi connectivity index (χ4v) is 2.35. The van der Waals surface area contributed by atoms with Crippen LogP contribution in [-0.2, 0) is 27.2 Å². The van der Waals surface area contributed by atoms with E-state index in [1.54, 1.807) is 25.1 Å². The number of ketones is 1. The molecule has 5 nitrogen and oxygen atoms in total. The van der Waals surface area contributed by atoms with Crippen molar-refractivity contribution in [1.29, 1.82) is 0 Å². The van der Waals surface area contributed by atoms with Crippen molar-refractivity contribution in [3.63, 3.8) is 0 Å². The molecule has 0 radical (unpaired) electrons. The zero-order valence-corrected chi connectivity index (χ0v) is 11.3. The summed E-state index contributed by atoms with van der Waals surface area (Å²) in [6.07, 6.45) is -1.39. The van der Waals surface area contributed by atoms with Gasteiger partial charge in [0.05, 0.1) is 6.61 Å². The van der Waals surface area contributed by atoms with E-state index in [9.17, 15) is 19.8 Å². The molecule has 5 heteroatoms. The SMILES string of the molecule is CCOC(=O)C(O)C(O)c1ccc2c(c1)CCC(=O)C2. The van der Waals surface area contributed by atoms with Gasteiger partial charge in [-0.15, -0.1) is 0 Å². The summed E-state index contributed by atoms with van der Waals surface area (Å²) in [5, 5.41) is 19.8. The standard InChI is InChI=1S/C15H18O5/c1-2-20-15(19)14(18)13(17)11-4-3-10-8-12(16)6-5-9(10)7-11/h3-4,7,13-14,17-18H,2,5-6,8H2,1H3. The van der Waals surface area contributed by atoms with Gasteiger partial charge in [-0.1, -0.05) is 18.2 Å². The van der Waals surface area contributed by atoms with Gasteiger partial charge in [0, 0.05) is 12.8 Å². The molecule has 1 aliphatic carbocycles. The second-order valence-electron chi connectivity index (χ2n) is 4.89. The molecule has 0 saturated heterocycles. The maximum absolute atomic E-state index is 11.4. The van der Waals surface area contributed by atoms with Crippen LogP contribution in [-0.4, -0.2) is 34.7 Å². The Morgan fingerprint density at radius 2 is 2.05 bits per heavy atom. The number of carbonyl (C=O) groups excluding carboxylic acids is 2. The smallest absolute Gasteiger partial charge is 0.338 e. The summed E-state index contributed by atoms with van der Waals surface area (Å²) < 4.78 is 4.68. The number of aryl methyl sites for hydroxylation is 1. The lowest BCUT2D eigenvalue weighted by atomic mass is 9.88. The molecule has 0 saturated carbocycles. The maximum Gasteiger partial charge on any atom is 0.338 e. The molecule has 0 aliphatic heterocycles. The number of aliphatic hydroxyl groups is 2. The van der Waals surface area contributed by atoms with Gasteiger partial charge in [-0.2, -0.15) is 0 Å². The molecule has 1 aromatic rings. The summed E-state index contributed by atoms with van der Waals surface area (Å²) in [6, 6.07) is 5.14. The average molecular weight is 278 g/mol. The molecular weight excluding hydrogens is 260 g/mol. The van der Waals surface area contributed by atoms with E-state index in [-0.39, 0.29) is 12.4 Å². The van der Waals surface area contributed by atoms with Crippen molar-refractivity contribution >= 4 is 11.8 Å². The van der Waals surface area contributed by atoms with Gasteiger partial charge in [-0.3, -0.25) is 4.79 Å². The van der Waals surface area contributed by atoms with Crippen LogP contribution in [0.4, 0.5) is 0 Å². The number of carbonyl (C=O) groups is 2. The van der Waals surface area contributed by atoms with Crippen molar-refractivity contribution in [3.05, 3.63) is 34.9 Å². The molecule has 1 aromatic carbocycles. The molecule has 20 heavy (non-hydrogen) atoms. The van der Waals surface area contributed by atoms with E-state index in [0.29, 0.717) is 24.8 Å². The predicted molar refractivity (Wildman–Crippen MR) is 71.1 cm³/mol. The summed E-state index contributed by atoms with van der Waals surface area (Å²) in [5.74, 6) is -0.634. The van der Waals surface area contributed by atoms with Crippen molar-refractivity contribution in [1.82, 2.24) is 0 Å². The van der Waals surface area contributed by atoms with Crippen LogP contribution in [0.5, 0.6) is 0 Å². The van der Waals surface area contributed by atoms with Crippen LogP contribution in [0.25, 0.3) is 0 Å². The normalized spacial score (nSPS) is 17.2. The Labute approximate surface area is 117 Å². The number of esters is 1. The number of rotatable bonds is 4. The maximum atomic E-state index is 11.4. The Kier molecular flexibility index (Phi) is 4.52. The van der Waals surface area contributed by atoms with E-state index in [4.69, 9.17) is 0 Å². The van der Waals surface area contributed by atoms with Crippen molar-refractivity contribution in [2.75, 3.05) is 6.61 Å². The van der Waals surface area contributed by atoms with Gasteiger partial charge < -0.3 is 14.9 Å². The number of Topliss-reactive ketones (excluding diaryl/α,β-unsaturated/α-hetero) is 1. The van der Waals surface area contributed by atoms with Crippen LogP contribution in [0.3, 0.4) is 0 Å². The molecule has 0 spiro atoms. The number of ether oxygens (including phenoxy) is 1. The zero-order valence-electron chi connectivity index (χ0n) is 11.3. The van der Waals surface area contributed by atoms with Gasteiger partial charge in [0.2, 0.25) is 0 Å². The monoisotopic (exact) mass is 278 g/mol. The van der Waals surface area contributed by atoms with Gasteiger partial charge in [-0.05, 0) is 30.0 Å². The Hall–Kier alpha value is -1.72. The van der Waals surface area contributed by atoms with Gasteiger partial charge in [-0.25, -0.2) is 4.79 Å². The molecule has 108 valence electrons. The highest BCUT2D eigenvalue weighted by atomic mass is 16.5. The van der Waals surface area contributed by atoms with Gasteiger partial charge in [0.25, 0.3) is 0 Å². The highest BCUT2D eigenvalue weighted by molar-refractivity contribution is 5.83. The molecule has 0 aromatic heterocycles. The van der Waals surface area contributed by atoms with E-state index in [2.05, 4.69) is 4.74 Å². The summed E-state index contributed by atoms with van der Waals surface area (Å²) in [4.78, 5) is 22.8. The minimum Gasteiger partial charge on any atom is -0.464 e. The number of benzene rings is 1. The second kappa shape index (κ2) is 6.15. The van der Waals surface area contributed by atoms with Gasteiger partial charge in [0.15, 0.2) is 6.10 Å². The summed E-state index contributed by atoms with van der Waals surface area (Å²) in [7, 11) is 0. The Morgan fingerprint density at radius 1 is 1.30 bits per heavy atom. The fraction of sp³-hybridized carbons (Fsp3) is 0.467. The first-order valence-corrected chi connectivity index (χ1v) is 6.69. The largest absolute Gasteiger partial charge is 0.464 e. The first-order chi connectivity index (χ1) is 9.52. The minimum absolute atomic E-state index is 0.148.